The lowest BCUT2D eigenvalue weighted by Crippen LogP contribution is -2.31. The first-order valence-corrected chi connectivity index (χ1v) is 11.1. The second-order valence-electron chi connectivity index (χ2n) is 6.49. The van der Waals surface area contributed by atoms with Crippen LogP contribution in [0.15, 0.2) is 47.8 Å². The van der Waals surface area contributed by atoms with Gasteiger partial charge < -0.3 is 9.47 Å². The van der Waals surface area contributed by atoms with Crippen LogP contribution < -0.4 is 14.4 Å². The van der Waals surface area contributed by atoms with E-state index in [1.54, 1.807) is 19.1 Å². The Morgan fingerprint density at radius 2 is 1.87 bits per heavy atom. The topological polar surface area (TPSA) is 64.6 Å². The summed E-state index contributed by atoms with van der Waals surface area (Å²) in [5.41, 5.74) is 2.58. The van der Waals surface area contributed by atoms with Gasteiger partial charge in [0, 0.05) is 17.5 Å². The van der Waals surface area contributed by atoms with Gasteiger partial charge in [0.15, 0.2) is 16.6 Å². The standard InChI is InChI=1S/C22H21N3O3S2/c1-4-25(22-24-16-7-5-6-8-19(16)30-22)20(26)12-15-13-29-21(23-15)14-9-10-17(27-2)18(11-14)28-3/h5-11,13H,4,12H2,1-3H3. The molecule has 8 heteroatoms. The summed E-state index contributed by atoms with van der Waals surface area (Å²) in [4.78, 5) is 24.0. The highest BCUT2D eigenvalue weighted by molar-refractivity contribution is 7.22. The largest absolute Gasteiger partial charge is 0.493 e. The first-order chi connectivity index (χ1) is 14.6. The van der Waals surface area contributed by atoms with Crippen molar-refractivity contribution in [3.63, 3.8) is 0 Å². The molecule has 154 valence electrons. The highest BCUT2D eigenvalue weighted by atomic mass is 32.1. The second kappa shape index (κ2) is 8.81. The zero-order valence-corrected chi connectivity index (χ0v) is 18.5. The molecule has 0 aliphatic carbocycles. The van der Waals surface area contributed by atoms with Gasteiger partial charge in [-0.25, -0.2) is 9.97 Å². The number of rotatable bonds is 7. The number of hydrogen-bond donors (Lipinski definition) is 0. The fourth-order valence-electron chi connectivity index (χ4n) is 3.13. The number of methoxy groups -OCH3 is 2. The maximum Gasteiger partial charge on any atom is 0.234 e. The van der Waals surface area contributed by atoms with Gasteiger partial charge in [0.25, 0.3) is 0 Å². The zero-order valence-electron chi connectivity index (χ0n) is 16.9. The van der Waals surface area contributed by atoms with E-state index in [1.807, 2.05) is 54.8 Å². The van der Waals surface area contributed by atoms with Crippen LogP contribution in [0.4, 0.5) is 5.13 Å². The Balaban J connectivity index is 1.53. The first-order valence-electron chi connectivity index (χ1n) is 9.45. The number of anilines is 1. The van der Waals surface area contributed by atoms with Crippen molar-refractivity contribution < 1.29 is 14.3 Å². The summed E-state index contributed by atoms with van der Waals surface area (Å²) in [7, 11) is 3.21. The minimum atomic E-state index is -0.0132. The van der Waals surface area contributed by atoms with E-state index in [9.17, 15) is 4.79 Å². The minimum Gasteiger partial charge on any atom is -0.493 e. The van der Waals surface area contributed by atoms with Crippen molar-refractivity contribution in [1.29, 1.82) is 0 Å². The highest BCUT2D eigenvalue weighted by Crippen LogP contribution is 2.34. The number of thiazole rings is 2. The average Bonchev–Trinajstić information content (AvgIpc) is 3.40. The van der Waals surface area contributed by atoms with Gasteiger partial charge in [-0.2, -0.15) is 0 Å². The second-order valence-corrected chi connectivity index (χ2v) is 8.36. The van der Waals surface area contributed by atoms with E-state index in [4.69, 9.17) is 9.47 Å². The quantitative estimate of drug-likeness (QED) is 0.404. The van der Waals surface area contributed by atoms with Crippen LogP contribution in [0, 0.1) is 0 Å². The van der Waals surface area contributed by atoms with Gasteiger partial charge in [-0.05, 0) is 37.3 Å². The number of hydrogen-bond acceptors (Lipinski definition) is 7. The molecule has 0 N–H and O–H groups in total. The van der Waals surface area contributed by atoms with E-state index in [0.29, 0.717) is 18.0 Å². The van der Waals surface area contributed by atoms with Crippen LogP contribution in [-0.4, -0.2) is 36.6 Å². The van der Waals surface area contributed by atoms with E-state index in [0.717, 1.165) is 31.6 Å². The molecule has 4 rings (SSSR count). The number of likely N-dealkylation sites (N-methyl/N-ethyl adjacent to an activating group) is 1. The Labute approximate surface area is 182 Å². The molecule has 2 aromatic heterocycles. The van der Waals surface area contributed by atoms with Crippen LogP contribution in [0.2, 0.25) is 0 Å². The number of para-hydroxylation sites is 1. The molecule has 0 aliphatic rings. The van der Waals surface area contributed by atoms with Crippen molar-refractivity contribution in [1.82, 2.24) is 9.97 Å². The van der Waals surface area contributed by atoms with Crippen molar-refractivity contribution in [2.45, 2.75) is 13.3 Å². The summed E-state index contributed by atoms with van der Waals surface area (Å²) in [6.45, 7) is 2.52. The van der Waals surface area contributed by atoms with E-state index in [-0.39, 0.29) is 12.3 Å². The molecule has 0 unspecified atom stereocenters. The minimum absolute atomic E-state index is 0.0132. The number of carbonyl (C=O) groups excluding carboxylic acids is 1. The van der Waals surface area contributed by atoms with E-state index < -0.39 is 0 Å². The summed E-state index contributed by atoms with van der Waals surface area (Å²) in [5, 5.41) is 3.48. The zero-order chi connectivity index (χ0) is 21.1. The van der Waals surface area contributed by atoms with Crippen molar-refractivity contribution in [3.05, 3.63) is 53.5 Å². The molecule has 0 atom stereocenters. The lowest BCUT2D eigenvalue weighted by molar-refractivity contribution is -0.118. The van der Waals surface area contributed by atoms with E-state index >= 15 is 0 Å². The Morgan fingerprint density at radius 1 is 1.07 bits per heavy atom. The number of amides is 1. The smallest absolute Gasteiger partial charge is 0.234 e. The van der Waals surface area contributed by atoms with Gasteiger partial charge in [-0.3, -0.25) is 9.69 Å². The normalized spacial score (nSPS) is 10.9. The van der Waals surface area contributed by atoms with Crippen molar-refractivity contribution >= 4 is 43.9 Å². The predicted molar refractivity (Wildman–Crippen MR) is 122 cm³/mol. The molecule has 4 aromatic rings. The number of carbonyl (C=O) groups is 1. The number of ether oxygens (including phenoxy) is 2. The average molecular weight is 440 g/mol. The number of nitrogens with zero attached hydrogens (tertiary/aromatic N) is 3. The van der Waals surface area contributed by atoms with E-state index in [1.165, 1.54) is 22.7 Å². The Morgan fingerprint density at radius 3 is 2.60 bits per heavy atom. The lowest BCUT2D eigenvalue weighted by atomic mass is 10.2. The summed E-state index contributed by atoms with van der Waals surface area (Å²) in [6.07, 6.45) is 0.230. The number of fused-ring (bicyclic) bond motifs is 1. The Kier molecular flexibility index (Phi) is 5.96. The molecule has 2 heterocycles. The first kappa shape index (κ1) is 20.3. The molecular weight excluding hydrogens is 418 g/mol. The van der Waals surface area contributed by atoms with Crippen molar-refractivity contribution in [2.75, 3.05) is 25.7 Å². The predicted octanol–water partition coefficient (Wildman–Crippen LogP) is 5.03. The Bertz CT molecular complexity index is 1150. The van der Waals surface area contributed by atoms with Crippen molar-refractivity contribution in [2.24, 2.45) is 0 Å². The van der Waals surface area contributed by atoms with Gasteiger partial charge in [-0.1, -0.05) is 23.5 Å². The van der Waals surface area contributed by atoms with E-state index in [2.05, 4.69) is 9.97 Å². The summed E-state index contributed by atoms with van der Waals surface area (Å²) < 4.78 is 11.7. The molecule has 1 amide bonds. The molecule has 0 bridgehead atoms. The van der Waals surface area contributed by atoms with Crippen LogP contribution in [-0.2, 0) is 11.2 Å². The maximum atomic E-state index is 13.0. The molecule has 6 nitrogen and oxygen atoms in total. The van der Waals surface area contributed by atoms with Gasteiger partial charge in [-0.15, -0.1) is 11.3 Å². The number of benzene rings is 2. The molecular formula is C22H21N3O3S2. The summed E-state index contributed by atoms with van der Waals surface area (Å²) in [5.74, 6) is 1.30. The van der Waals surface area contributed by atoms with Gasteiger partial charge in [0.05, 0.1) is 36.6 Å². The summed E-state index contributed by atoms with van der Waals surface area (Å²) in [6, 6.07) is 13.6. The summed E-state index contributed by atoms with van der Waals surface area (Å²) >= 11 is 3.03. The van der Waals surface area contributed by atoms with Crippen LogP contribution in [0.5, 0.6) is 11.5 Å². The maximum absolute atomic E-state index is 13.0. The van der Waals surface area contributed by atoms with Crippen LogP contribution in [0.25, 0.3) is 20.8 Å². The van der Waals surface area contributed by atoms with Crippen LogP contribution >= 0.6 is 22.7 Å². The fourth-order valence-corrected chi connectivity index (χ4v) is 5.00. The molecule has 0 aliphatic heterocycles. The molecule has 30 heavy (non-hydrogen) atoms. The molecule has 0 saturated carbocycles. The third-order valence-corrected chi connectivity index (χ3v) is 6.64. The Hall–Kier alpha value is -2.97. The molecule has 0 saturated heterocycles. The van der Waals surface area contributed by atoms with Crippen LogP contribution in [0.3, 0.4) is 0 Å². The third-order valence-electron chi connectivity index (χ3n) is 4.65. The van der Waals surface area contributed by atoms with Crippen LogP contribution in [0.1, 0.15) is 12.6 Å². The monoisotopic (exact) mass is 439 g/mol. The lowest BCUT2D eigenvalue weighted by Gasteiger charge is -2.16. The third kappa shape index (κ3) is 4.01. The molecule has 0 radical (unpaired) electrons. The van der Waals surface area contributed by atoms with Gasteiger partial charge in [0.1, 0.15) is 5.01 Å². The number of aromatic nitrogens is 2. The fraction of sp³-hybridized carbons (Fsp3) is 0.227. The SMILES string of the molecule is CCN(C(=O)Cc1csc(-c2ccc(OC)c(OC)c2)n1)c1nc2ccccc2s1. The molecule has 2 aromatic carbocycles. The van der Waals surface area contributed by atoms with Gasteiger partial charge in [0.2, 0.25) is 5.91 Å². The highest BCUT2D eigenvalue weighted by Gasteiger charge is 2.20. The van der Waals surface area contributed by atoms with Crippen molar-refractivity contribution in [3.8, 4) is 22.1 Å². The molecule has 0 fully saturated rings. The van der Waals surface area contributed by atoms with Gasteiger partial charge >= 0.3 is 0 Å². The molecule has 0 spiro atoms.